The second-order valence-electron chi connectivity index (χ2n) is 4.64. The number of hydrogen-bond acceptors (Lipinski definition) is 2. The van der Waals surface area contributed by atoms with Crippen molar-refractivity contribution in [2.75, 3.05) is 13.1 Å². The molecule has 0 saturated carbocycles. The number of aromatic nitrogens is 2. The van der Waals surface area contributed by atoms with Gasteiger partial charge in [-0.15, -0.1) is 0 Å². The van der Waals surface area contributed by atoms with Crippen LogP contribution in [-0.4, -0.2) is 33.9 Å². The number of likely N-dealkylation sites (tertiary alicyclic amines) is 1. The lowest BCUT2D eigenvalue weighted by atomic mass is 9.99. The number of imidazole rings is 1. The highest BCUT2D eigenvalue weighted by atomic mass is 16.2. The smallest absolute Gasteiger partial charge is 0.222 e. The van der Waals surface area contributed by atoms with E-state index in [4.69, 9.17) is 0 Å². The van der Waals surface area contributed by atoms with Gasteiger partial charge in [-0.1, -0.05) is 6.92 Å². The molecule has 0 bridgehead atoms. The lowest BCUT2D eigenvalue weighted by Gasteiger charge is -2.30. The summed E-state index contributed by atoms with van der Waals surface area (Å²) in [5.74, 6) is 1.05. The summed E-state index contributed by atoms with van der Waals surface area (Å²) in [6, 6.07) is 0. The highest BCUT2D eigenvalue weighted by molar-refractivity contribution is 5.76. The van der Waals surface area contributed by atoms with Crippen LogP contribution in [0.4, 0.5) is 0 Å². The standard InChI is InChI=1S/C12H19N3O/c1-10-4-6-15(7-5-10)12(16)3-2-11-8-13-9-14-11/h8-10H,2-7H2,1H3,(H,13,14). The number of aromatic amines is 1. The van der Waals surface area contributed by atoms with E-state index >= 15 is 0 Å². The second kappa shape index (κ2) is 5.14. The first-order chi connectivity index (χ1) is 7.75. The fourth-order valence-electron chi connectivity index (χ4n) is 2.08. The molecule has 1 N–H and O–H groups in total. The maximum absolute atomic E-state index is 11.9. The lowest BCUT2D eigenvalue weighted by Crippen LogP contribution is -2.38. The van der Waals surface area contributed by atoms with E-state index in [2.05, 4.69) is 16.9 Å². The molecule has 0 aromatic carbocycles. The summed E-state index contributed by atoms with van der Waals surface area (Å²) in [5, 5.41) is 0. The molecule has 0 radical (unpaired) electrons. The minimum atomic E-state index is 0.279. The molecular weight excluding hydrogens is 202 g/mol. The molecule has 1 aromatic heterocycles. The predicted octanol–water partition coefficient (Wildman–Crippen LogP) is 1.60. The third-order valence-corrected chi connectivity index (χ3v) is 3.30. The Labute approximate surface area is 96.1 Å². The number of H-pyrrole nitrogens is 1. The first kappa shape index (κ1) is 11.2. The Bertz CT molecular complexity index is 326. The molecule has 1 aliphatic rings. The van der Waals surface area contributed by atoms with E-state index in [9.17, 15) is 4.79 Å². The zero-order chi connectivity index (χ0) is 11.4. The summed E-state index contributed by atoms with van der Waals surface area (Å²) in [4.78, 5) is 20.9. The van der Waals surface area contributed by atoms with E-state index in [1.165, 1.54) is 0 Å². The fourth-order valence-corrected chi connectivity index (χ4v) is 2.08. The Balaban J connectivity index is 1.75. The molecule has 0 atom stereocenters. The van der Waals surface area contributed by atoms with Crippen LogP contribution in [0.5, 0.6) is 0 Å². The van der Waals surface area contributed by atoms with E-state index in [1.54, 1.807) is 12.5 Å². The van der Waals surface area contributed by atoms with Crippen molar-refractivity contribution in [3.05, 3.63) is 18.2 Å². The van der Waals surface area contributed by atoms with Crippen molar-refractivity contribution in [2.24, 2.45) is 5.92 Å². The molecule has 4 nitrogen and oxygen atoms in total. The van der Waals surface area contributed by atoms with Crippen LogP contribution in [0.1, 0.15) is 31.9 Å². The maximum atomic E-state index is 11.9. The van der Waals surface area contributed by atoms with Crippen LogP contribution in [0.15, 0.2) is 12.5 Å². The van der Waals surface area contributed by atoms with Gasteiger partial charge in [0, 0.05) is 31.4 Å². The average molecular weight is 221 g/mol. The van der Waals surface area contributed by atoms with Crippen LogP contribution in [0, 0.1) is 5.92 Å². The third-order valence-electron chi connectivity index (χ3n) is 3.30. The second-order valence-corrected chi connectivity index (χ2v) is 4.64. The van der Waals surface area contributed by atoms with Crippen LogP contribution in [0.2, 0.25) is 0 Å². The Kier molecular flexibility index (Phi) is 3.59. The van der Waals surface area contributed by atoms with Gasteiger partial charge in [-0.2, -0.15) is 0 Å². The first-order valence-corrected chi connectivity index (χ1v) is 6.00. The van der Waals surface area contributed by atoms with Crippen molar-refractivity contribution >= 4 is 5.91 Å². The van der Waals surface area contributed by atoms with Gasteiger partial charge in [0.1, 0.15) is 0 Å². The van der Waals surface area contributed by atoms with Gasteiger partial charge in [-0.05, 0) is 25.2 Å². The van der Waals surface area contributed by atoms with Gasteiger partial charge in [0.2, 0.25) is 5.91 Å². The van der Waals surface area contributed by atoms with Gasteiger partial charge in [0.05, 0.1) is 6.33 Å². The summed E-state index contributed by atoms with van der Waals surface area (Å²) < 4.78 is 0. The zero-order valence-electron chi connectivity index (χ0n) is 9.78. The molecule has 1 fully saturated rings. The normalized spacial score (nSPS) is 17.7. The van der Waals surface area contributed by atoms with Crippen molar-refractivity contribution < 1.29 is 4.79 Å². The molecule has 0 spiro atoms. The monoisotopic (exact) mass is 221 g/mol. The minimum Gasteiger partial charge on any atom is -0.348 e. The first-order valence-electron chi connectivity index (χ1n) is 6.00. The molecule has 16 heavy (non-hydrogen) atoms. The van der Waals surface area contributed by atoms with Gasteiger partial charge >= 0.3 is 0 Å². The third kappa shape index (κ3) is 2.84. The van der Waals surface area contributed by atoms with Crippen LogP contribution in [0.25, 0.3) is 0 Å². The van der Waals surface area contributed by atoms with E-state index in [1.807, 2.05) is 4.90 Å². The quantitative estimate of drug-likeness (QED) is 0.842. The lowest BCUT2D eigenvalue weighted by molar-refractivity contribution is -0.132. The minimum absolute atomic E-state index is 0.279. The van der Waals surface area contributed by atoms with E-state index in [0.29, 0.717) is 6.42 Å². The number of amides is 1. The number of nitrogens with one attached hydrogen (secondary N) is 1. The van der Waals surface area contributed by atoms with E-state index in [-0.39, 0.29) is 5.91 Å². The van der Waals surface area contributed by atoms with Gasteiger partial charge < -0.3 is 9.88 Å². The zero-order valence-corrected chi connectivity index (χ0v) is 9.78. The maximum Gasteiger partial charge on any atom is 0.222 e. The molecule has 2 rings (SSSR count). The van der Waals surface area contributed by atoms with Crippen LogP contribution in [-0.2, 0) is 11.2 Å². The predicted molar refractivity (Wildman–Crippen MR) is 61.9 cm³/mol. The number of aryl methyl sites for hydroxylation is 1. The molecule has 0 aliphatic carbocycles. The molecular formula is C12H19N3O. The summed E-state index contributed by atoms with van der Waals surface area (Å²) in [5.41, 5.74) is 1.04. The molecule has 1 aromatic rings. The molecule has 1 saturated heterocycles. The van der Waals surface area contributed by atoms with E-state index < -0.39 is 0 Å². The number of carbonyl (C=O) groups excluding carboxylic acids is 1. The van der Waals surface area contributed by atoms with E-state index in [0.717, 1.165) is 44.0 Å². The van der Waals surface area contributed by atoms with Crippen molar-refractivity contribution in [3.63, 3.8) is 0 Å². The molecule has 1 amide bonds. The van der Waals surface area contributed by atoms with Crippen molar-refractivity contribution in [1.29, 1.82) is 0 Å². The number of rotatable bonds is 3. The van der Waals surface area contributed by atoms with Gasteiger partial charge in [0.25, 0.3) is 0 Å². The van der Waals surface area contributed by atoms with Crippen molar-refractivity contribution in [2.45, 2.75) is 32.6 Å². The molecule has 1 aliphatic heterocycles. The summed E-state index contributed by atoms with van der Waals surface area (Å²) in [6.07, 6.45) is 7.10. The van der Waals surface area contributed by atoms with Crippen molar-refractivity contribution in [3.8, 4) is 0 Å². The Morgan fingerprint density at radius 2 is 2.31 bits per heavy atom. The Morgan fingerprint density at radius 1 is 1.56 bits per heavy atom. The number of hydrogen-bond donors (Lipinski definition) is 1. The van der Waals surface area contributed by atoms with Gasteiger partial charge in [0.15, 0.2) is 0 Å². The SMILES string of the molecule is CC1CCN(C(=O)CCc2cnc[nH]2)CC1. The number of piperidine rings is 1. The summed E-state index contributed by atoms with van der Waals surface area (Å²) in [7, 11) is 0. The molecule has 4 heteroatoms. The van der Waals surface area contributed by atoms with Crippen LogP contribution in [0.3, 0.4) is 0 Å². The summed E-state index contributed by atoms with van der Waals surface area (Å²) in [6.45, 7) is 4.12. The topological polar surface area (TPSA) is 49.0 Å². The van der Waals surface area contributed by atoms with Gasteiger partial charge in [-0.3, -0.25) is 4.79 Å². The summed E-state index contributed by atoms with van der Waals surface area (Å²) >= 11 is 0. The molecule has 88 valence electrons. The van der Waals surface area contributed by atoms with Gasteiger partial charge in [-0.25, -0.2) is 4.98 Å². The Hall–Kier alpha value is -1.32. The largest absolute Gasteiger partial charge is 0.348 e. The molecule has 0 unspecified atom stereocenters. The van der Waals surface area contributed by atoms with Crippen LogP contribution < -0.4 is 0 Å². The van der Waals surface area contributed by atoms with Crippen molar-refractivity contribution in [1.82, 2.24) is 14.9 Å². The number of nitrogens with zero attached hydrogens (tertiary/aromatic N) is 2. The number of carbonyl (C=O) groups is 1. The highest BCUT2D eigenvalue weighted by Crippen LogP contribution is 2.16. The van der Waals surface area contributed by atoms with Crippen LogP contribution >= 0.6 is 0 Å². The Morgan fingerprint density at radius 3 is 2.94 bits per heavy atom. The fraction of sp³-hybridized carbons (Fsp3) is 0.667. The highest BCUT2D eigenvalue weighted by Gasteiger charge is 2.19. The molecule has 2 heterocycles. The average Bonchev–Trinajstić information content (AvgIpc) is 2.80.